The summed E-state index contributed by atoms with van der Waals surface area (Å²) in [5.41, 5.74) is 1.73. The summed E-state index contributed by atoms with van der Waals surface area (Å²) >= 11 is 0. The summed E-state index contributed by atoms with van der Waals surface area (Å²) in [5, 5.41) is 12.9. The first-order valence-corrected chi connectivity index (χ1v) is 12.7. The summed E-state index contributed by atoms with van der Waals surface area (Å²) in [7, 11) is -2.97. The minimum Gasteiger partial charge on any atom is -0.477 e. The van der Waals surface area contributed by atoms with E-state index in [-0.39, 0.29) is 28.9 Å². The number of carbonyl (C=O) groups is 2. The Morgan fingerprint density at radius 2 is 1.36 bits per heavy atom. The molecule has 176 valence electrons. The Labute approximate surface area is 197 Å². The van der Waals surface area contributed by atoms with E-state index in [1.807, 2.05) is 60.7 Å². The predicted molar refractivity (Wildman–Crippen MR) is 131 cm³/mol. The molecule has 1 heterocycles. The van der Waals surface area contributed by atoms with Crippen LogP contribution in [0.15, 0.2) is 82.6 Å². The fraction of sp³-hybridized carbons (Fsp3) is 0.308. The normalized spacial score (nSPS) is 15.4. The Kier molecular flexibility index (Phi) is 9.30. The molecule has 0 atom stereocenters. The molecule has 0 saturated heterocycles. The van der Waals surface area contributed by atoms with Crippen molar-refractivity contribution in [3.63, 3.8) is 0 Å². The lowest BCUT2D eigenvalue weighted by molar-refractivity contribution is -0.131. The first-order chi connectivity index (χ1) is 16.1. The van der Waals surface area contributed by atoms with Crippen molar-refractivity contribution in [3.05, 3.63) is 93.8 Å². The third-order valence-corrected chi connectivity index (χ3v) is 7.87. The zero-order valence-corrected chi connectivity index (χ0v) is 19.7. The maximum absolute atomic E-state index is 13.1. The molecule has 33 heavy (non-hydrogen) atoms. The molecule has 0 unspecified atom stereocenters. The molecule has 3 rings (SSSR count). The molecular weight excluding hydrogens is 438 g/mol. The highest BCUT2D eigenvalue weighted by Gasteiger charge is 2.42. The number of carbonyl (C=O) groups excluding carboxylic acids is 1. The van der Waals surface area contributed by atoms with Crippen LogP contribution in [0.3, 0.4) is 0 Å². The second kappa shape index (κ2) is 12.4. The molecule has 6 nitrogen and oxygen atoms in total. The van der Waals surface area contributed by atoms with E-state index in [1.165, 1.54) is 12.2 Å². The Morgan fingerprint density at radius 3 is 1.88 bits per heavy atom. The molecule has 2 aromatic carbocycles. The molecule has 0 aromatic heterocycles. The molecule has 0 fully saturated rings. The number of hydrogen-bond donors (Lipinski definition) is 2. The molecule has 1 amide bonds. The number of allylic oxidation sites excluding steroid dienone is 2. The lowest BCUT2D eigenvalue weighted by Gasteiger charge is -2.41. The fourth-order valence-electron chi connectivity index (χ4n) is 3.41. The average Bonchev–Trinajstić information content (AvgIpc) is 3.22. The first-order valence-electron chi connectivity index (χ1n) is 11.2. The van der Waals surface area contributed by atoms with Gasteiger partial charge in [0.15, 0.2) is 0 Å². The highest BCUT2D eigenvalue weighted by Crippen LogP contribution is 2.67. The van der Waals surface area contributed by atoms with Gasteiger partial charge in [-0.05, 0) is 29.7 Å². The van der Waals surface area contributed by atoms with Crippen LogP contribution in [-0.4, -0.2) is 23.5 Å². The Hall–Kier alpha value is -2.87. The van der Waals surface area contributed by atoms with E-state index in [9.17, 15) is 14.7 Å². The monoisotopic (exact) mass is 469 g/mol. The Morgan fingerprint density at radius 1 is 0.818 bits per heavy atom. The lowest BCUT2D eigenvalue weighted by Crippen LogP contribution is -2.30. The van der Waals surface area contributed by atoms with E-state index in [0.717, 1.165) is 36.8 Å². The Bertz CT molecular complexity index is 945. The van der Waals surface area contributed by atoms with Gasteiger partial charge in [-0.3, -0.25) is 13.2 Å². The van der Waals surface area contributed by atoms with Crippen molar-refractivity contribution in [2.24, 2.45) is 0 Å². The molecular formula is C26H31NO5S. The van der Waals surface area contributed by atoms with E-state index in [2.05, 4.69) is 12.2 Å². The highest BCUT2D eigenvalue weighted by atomic mass is 32.3. The van der Waals surface area contributed by atoms with E-state index in [0.29, 0.717) is 6.54 Å². The molecule has 0 saturated carbocycles. The number of nitrogens with one attached hydrogen (secondary N) is 1. The van der Waals surface area contributed by atoms with Crippen LogP contribution in [0.5, 0.6) is 0 Å². The molecule has 1 aliphatic rings. The van der Waals surface area contributed by atoms with Gasteiger partial charge in [0, 0.05) is 6.54 Å². The number of unbranched alkanes of at least 4 members (excludes halogenated alkanes) is 3. The molecule has 0 aliphatic carbocycles. The van der Waals surface area contributed by atoms with Gasteiger partial charge in [-0.25, -0.2) is 4.79 Å². The van der Waals surface area contributed by atoms with Gasteiger partial charge >= 0.3 is 5.97 Å². The van der Waals surface area contributed by atoms with Crippen LogP contribution in [0.4, 0.5) is 0 Å². The number of carboxylic acids is 1. The fourth-order valence-corrected chi connectivity index (χ4v) is 5.87. The predicted octanol–water partition coefficient (Wildman–Crippen LogP) is 5.62. The van der Waals surface area contributed by atoms with Crippen molar-refractivity contribution in [2.75, 3.05) is 6.54 Å². The Balaban J connectivity index is 1.84. The second-order valence-corrected chi connectivity index (χ2v) is 10.0. The van der Waals surface area contributed by atoms with Crippen LogP contribution < -0.4 is 5.32 Å². The van der Waals surface area contributed by atoms with Gasteiger partial charge in [0.1, 0.15) is 9.81 Å². The quantitative estimate of drug-likeness (QED) is 0.372. The van der Waals surface area contributed by atoms with Gasteiger partial charge in [-0.2, -0.15) is 0 Å². The van der Waals surface area contributed by atoms with E-state index >= 15 is 0 Å². The smallest absolute Gasteiger partial charge is 0.352 e. The summed E-state index contributed by atoms with van der Waals surface area (Å²) in [6.07, 6.45) is 7.07. The standard InChI is InChI=1S/C26H31NO5S/c1-2-3-4-11-18-27-25(28)23-16-17-24(26(29)30)33(23,31-19-21-12-7-5-8-13-21)32-20-22-14-9-6-10-15-22/h5-10,12-17H,2-4,11,18-20H2,1H3,(H,27,28)(H,29,30). The zero-order chi connectivity index (χ0) is 23.5. The van der Waals surface area contributed by atoms with E-state index in [1.54, 1.807) is 0 Å². The van der Waals surface area contributed by atoms with Crippen molar-refractivity contribution in [3.8, 4) is 0 Å². The highest BCUT2D eigenvalue weighted by molar-refractivity contribution is 8.33. The lowest BCUT2D eigenvalue weighted by atomic mass is 10.2. The van der Waals surface area contributed by atoms with E-state index < -0.39 is 16.6 Å². The molecule has 7 heteroatoms. The summed E-state index contributed by atoms with van der Waals surface area (Å²) in [4.78, 5) is 25.5. The zero-order valence-electron chi connectivity index (χ0n) is 18.9. The van der Waals surface area contributed by atoms with Gasteiger partial charge in [0.05, 0.1) is 13.2 Å². The van der Waals surface area contributed by atoms with Gasteiger partial charge in [0.25, 0.3) is 5.91 Å². The van der Waals surface area contributed by atoms with Crippen LogP contribution in [0.25, 0.3) is 0 Å². The van der Waals surface area contributed by atoms with Gasteiger partial charge in [-0.15, -0.1) is 10.6 Å². The number of hydrogen-bond acceptors (Lipinski definition) is 4. The van der Waals surface area contributed by atoms with Gasteiger partial charge < -0.3 is 10.4 Å². The molecule has 1 aliphatic heterocycles. The number of benzene rings is 2. The minimum absolute atomic E-state index is 0.0366. The molecule has 0 spiro atoms. The van der Waals surface area contributed by atoms with Crippen molar-refractivity contribution < 1.29 is 23.1 Å². The summed E-state index contributed by atoms with van der Waals surface area (Å²) in [6, 6.07) is 18.9. The molecule has 2 aromatic rings. The third-order valence-electron chi connectivity index (χ3n) is 5.18. The summed E-state index contributed by atoms with van der Waals surface area (Å²) in [5.74, 6) is -1.51. The van der Waals surface area contributed by atoms with E-state index in [4.69, 9.17) is 8.37 Å². The molecule has 0 radical (unpaired) electrons. The maximum Gasteiger partial charge on any atom is 0.352 e. The summed E-state index contributed by atoms with van der Waals surface area (Å²) in [6.45, 7) is 2.89. The van der Waals surface area contributed by atoms with Crippen molar-refractivity contribution in [1.82, 2.24) is 5.32 Å². The van der Waals surface area contributed by atoms with Gasteiger partial charge in [-0.1, -0.05) is 86.8 Å². The second-order valence-electron chi connectivity index (χ2n) is 7.68. The van der Waals surface area contributed by atoms with Gasteiger partial charge in [0.2, 0.25) is 0 Å². The van der Waals surface area contributed by atoms with Crippen LogP contribution in [0, 0.1) is 0 Å². The molecule has 0 bridgehead atoms. The molecule has 2 N–H and O–H groups in total. The largest absolute Gasteiger partial charge is 0.477 e. The number of carboxylic acid groups (broad SMARTS) is 1. The SMILES string of the molecule is CCCCCCNC(=O)C1=CC=C(C(=O)O)S1(OCc1ccccc1)OCc1ccccc1. The van der Waals surface area contributed by atoms with Crippen molar-refractivity contribution in [1.29, 1.82) is 0 Å². The van der Waals surface area contributed by atoms with Crippen LogP contribution >= 0.6 is 10.6 Å². The number of amides is 1. The van der Waals surface area contributed by atoms with Crippen molar-refractivity contribution >= 4 is 22.5 Å². The van der Waals surface area contributed by atoms with Crippen LogP contribution in [-0.2, 0) is 31.2 Å². The average molecular weight is 470 g/mol. The maximum atomic E-state index is 13.1. The number of rotatable bonds is 13. The first kappa shape index (κ1) is 24.8. The third kappa shape index (κ3) is 6.57. The van der Waals surface area contributed by atoms with Crippen LogP contribution in [0.1, 0.15) is 43.7 Å². The van der Waals surface area contributed by atoms with Crippen molar-refractivity contribution in [2.45, 2.75) is 45.8 Å². The van der Waals surface area contributed by atoms with Crippen LogP contribution in [0.2, 0.25) is 0 Å². The summed E-state index contributed by atoms with van der Waals surface area (Å²) < 4.78 is 12.5. The number of aliphatic carboxylic acids is 1. The topological polar surface area (TPSA) is 84.9 Å². The minimum atomic E-state index is -2.97.